The Bertz CT molecular complexity index is 1930. The monoisotopic (exact) mass is 1390 g/mol. The van der Waals surface area contributed by atoms with Gasteiger partial charge in [0.2, 0.25) is 0 Å². The molecule has 560 valence electrons. The third kappa shape index (κ3) is 69.8. The van der Waals surface area contributed by atoms with Crippen molar-refractivity contribution in [3.8, 4) is 0 Å². The first-order valence-electron chi connectivity index (χ1n) is 38.8. The summed E-state index contributed by atoms with van der Waals surface area (Å²) in [5.41, 5.74) is 0. The molecule has 0 aromatic rings. The SMILES string of the molecule is CCCCCC/C=C\C=C/CCCCCCCC(=O)OC[C@H](COP(=O)(O)OC[C@@H](O)COP(=O)(O)OC[C@@H](COC(=O)CCCCCCC)OC(=O)CCCCCCCCCCCCCC(C)C)OC(=O)CCCCCCCCCCCCCCCCCCCCC(C)C. The van der Waals surface area contributed by atoms with Crippen molar-refractivity contribution in [1.29, 1.82) is 0 Å². The zero-order valence-corrected chi connectivity index (χ0v) is 63.2. The molecule has 0 radical (unpaired) electrons. The summed E-state index contributed by atoms with van der Waals surface area (Å²) in [5, 5.41) is 10.6. The van der Waals surface area contributed by atoms with E-state index in [0.29, 0.717) is 25.7 Å². The third-order valence-electron chi connectivity index (χ3n) is 17.1. The lowest BCUT2D eigenvalue weighted by molar-refractivity contribution is -0.161. The molecule has 3 N–H and O–H groups in total. The summed E-state index contributed by atoms with van der Waals surface area (Å²) >= 11 is 0. The lowest BCUT2D eigenvalue weighted by Gasteiger charge is -2.21. The predicted octanol–water partition coefficient (Wildman–Crippen LogP) is 21.9. The van der Waals surface area contributed by atoms with Crippen molar-refractivity contribution in [2.45, 2.75) is 387 Å². The van der Waals surface area contributed by atoms with Crippen LogP contribution in [0.1, 0.15) is 369 Å². The lowest BCUT2D eigenvalue weighted by Crippen LogP contribution is -2.30. The fourth-order valence-corrected chi connectivity index (χ4v) is 12.7. The minimum Gasteiger partial charge on any atom is -0.462 e. The maximum Gasteiger partial charge on any atom is 0.472 e. The van der Waals surface area contributed by atoms with Gasteiger partial charge in [-0.25, -0.2) is 9.13 Å². The Hall–Kier alpha value is -2.46. The molecule has 0 amide bonds. The number of ether oxygens (including phenoxy) is 4. The average molecular weight is 1390 g/mol. The molecule has 0 spiro atoms. The smallest absolute Gasteiger partial charge is 0.462 e. The van der Waals surface area contributed by atoms with Crippen LogP contribution in [0.2, 0.25) is 0 Å². The second kappa shape index (κ2) is 67.4. The molecular formula is C76H144O17P2. The van der Waals surface area contributed by atoms with Crippen molar-refractivity contribution < 1.29 is 80.2 Å². The molecule has 0 bridgehead atoms. The van der Waals surface area contributed by atoms with Crippen LogP contribution in [0.3, 0.4) is 0 Å². The fraction of sp³-hybridized carbons (Fsp3) is 0.895. The highest BCUT2D eigenvalue weighted by Gasteiger charge is 2.30. The van der Waals surface area contributed by atoms with Crippen molar-refractivity contribution in [1.82, 2.24) is 0 Å². The Morgan fingerprint density at radius 1 is 0.326 bits per heavy atom. The average Bonchev–Trinajstić information content (AvgIpc) is 1.62. The molecule has 0 aromatic carbocycles. The molecule has 5 atom stereocenters. The lowest BCUT2D eigenvalue weighted by atomic mass is 10.0. The van der Waals surface area contributed by atoms with Crippen LogP contribution in [0.4, 0.5) is 0 Å². The van der Waals surface area contributed by atoms with E-state index in [4.69, 9.17) is 37.0 Å². The molecule has 2 unspecified atom stereocenters. The van der Waals surface area contributed by atoms with Gasteiger partial charge in [0.05, 0.1) is 26.4 Å². The normalized spacial score (nSPS) is 14.2. The minimum absolute atomic E-state index is 0.101. The van der Waals surface area contributed by atoms with Gasteiger partial charge in [0.15, 0.2) is 12.2 Å². The van der Waals surface area contributed by atoms with E-state index < -0.39 is 97.5 Å². The van der Waals surface area contributed by atoms with Crippen LogP contribution in [-0.2, 0) is 65.4 Å². The summed E-state index contributed by atoms with van der Waals surface area (Å²) in [7, 11) is -9.91. The molecular weight excluding hydrogens is 1250 g/mol. The Morgan fingerprint density at radius 2 is 0.568 bits per heavy atom. The van der Waals surface area contributed by atoms with Gasteiger partial charge in [-0.15, -0.1) is 0 Å². The van der Waals surface area contributed by atoms with Crippen LogP contribution >= 0.6 is 15.6 Å². The van der Waals surface area contributed by atoms with Crippen molar-refractivity contribution in [3.63, 3.8) is 0 Å². The van der Waals surface area contributed by atoms with Crippen LogP contribution in [-0.4, -0.2) is 96.7 Å². The van der Waals surface area contributed by atoms with Gasteiger partial charge in [0, 0.05) is 25.7 Å². The fourth-order valence-electron chi connectivity index (χ4n) is 11.1. The molecule has 95 heavy (non-hydrogen) atoms. The molecule has 0 aliphatic carbocycles. The third-order valence-corrected chi connectivity index (χ3v) is 19.0. The number of aliphatic hydroxyl groups is 1. The molecule has 17 nitrogen and oxygen atoms in total. The number of carbonyl (C=O) groups excluding carboxylic acids is 4. The first kappa shape index (κ1) is 92.5. The van der Waals surface area contributed by atoms with E-state index in [1.807, 2.05) is 0 Å². The molecule has 0 heterocycles. The summed E-state index contributed by atoms with van der Waals surface area (Å²) in [6.45, 7) is 9.47. The number of phosphoric ester groups is 2. The summed E-state index contributed by atoms with van der Waals surface area (Å²) < 4.78 is 68.2. The van der Waals surface area contributed by atoms with E-state index in [1.54, 1.807) is 0 Å². The second-order valence-corrected chi connectivity index (χ2v) is 30.6. The molecule has 0 aliphatic rings. The van der Waals surface area contributed by atoms with Crippen LogP contribution < -0.4 is 0 Å². The van der Waals surface area contributed by atoms with Crippen molar-refractivity contribution >= 4 is 39.5 Å². The number of phosphoric acid groups is 2. The summed E-state index contributed by atoms with van der Waals surface area (Å²) in [6, 6.07) is 0. The van der Waals surface area contributed by atoms with Gasteiger partial charge in [-0.1, -0.05) is 316 Å². The van der Waals surface area contributed by atoms with Crippen molar-refractivity contribution in [2.75, 3.05) is 39.6 Å². The van der Waals surface area contributed by atoms with Crippen LogP contribution in [0, 0.1) is 11.8 Å². The molecule has 19 heteroatoms. The quantitative estimate of drug-likeness (QED) is 0.0169. The highest BCUT2D eigenvalue weighted by atomic mass is 31.2. The minimum atomic E-state index is -4.96. The molecule has 0 aromatic heterocycles. The van der Waals surface area contributed by atoms with E-state index in [9.17, 15) is 43.2 Å². The molecule has 0 aliphatic heterocycles. The van der Waals surface area contributed by atoms with Gasteiger partial charge in [0.25, 0.3) is 0 Å². The number of esters is 4. The molecule has 0 saturated carbocycles. The molecule has 0 saturated heterocycles. The zero-order valence-electron chi connectivity index (χ0n) is 61.5. The molecule has 0 rings (SSSR count). The number of aliphatic hydroxyl groups excluding tert-OH is 1. The Labute approximate surface area is 580 Å². The van der Waals surface area contributed by atoms with E-state index in [-0.39, 0.29) is 25.7 Å². The van der Waals surface area contributed by atoms with E-state index in [1.165, 1.54) is 161 Å². The highest BCUT2D eigenvalue weighted by molar-refractivity contribution is 7.47. The number of carbonyl (C=O) groups is 4. The van der Waals surface area contributed by atoms with Crippen molar-refractivity contribution in [3.05, 3.63) is 24.3 Å². The summed E-state index contributed by atoms with van der Waals surface area (Å²) in [6.07, 6.45) is 58.2. The Kier molecular flexibility index (Phi) is 65.6. The van der Waals surface area contributed by atoms with Gasteiger partial charge in [0.1, 0.15) is 19.3 Å². The van der Waals surface area contributed by atoms with Gasteiger partial charge < -0.3 is 33.8 Å². The summed E-state index contributed by atoms with van der Waals surface area (Å²) in [5.74, 6) is -0.575. The number of allylic oxidation sites excluding steroid dienone is 4. The number of unbranched alkanes of at least 4 members (excludes halogenated alkanes) is 40. The zero-order chi connectivity index (χ0) is 70.0. The van der Waals surface area contributed by atoms with Gasteiger partial charge in [-0.2, -0.15) is 0 Å². The van der Waals surface area contributed by atoms with Gasteiger partial charge >= 0.3 is 39.5 Å². The first-order chi connectivity index (χ1) is 45.9. The maximum atomic E-state index is 13.1. The first-order valence-corrected chi connectivity index (χ1v) is 41.8. The predicted molar refractivity (Wildman–Crippen MR) is 386 cm³/mol. The Morgan fingerprint density at radius 3 is 0.863 bits per heavy atom. The van der Waals surface area contributed by atoms with E-state index in [0.717, 1.165) is 127 Å². The standard InChI is InChI=1S/C76H144O17P2/c1-7-9-11-13-14-15-16-17-22-26-31-36-41-47-53-59-74(79)87-65-72(93-76(81)60-54-48-42-37-32-27-24-21-19-18-20-23-25-29-34-39-45-50-56-68(3)4)67-91-95(84,85)89-63-70(77)62-88-94(82,83)90-66-71(64-86-73(78)58-52-44-12-10-8-2)92-75(80)61-55-49-43-38-33-28-30-35-40-46-51-57-69(5)6/h15-17,22,68-72,77H,7-14,18-21,23-67H2,1-6H3,(H,82,83)(H,84,85)/b16-15-,22-17-/t70-,71+,72+/m0/s1. The van der Waals surface area contributed by atoms with Crippen LogP contribution in [0.25, 0.3) is 0 Å². The Balaban J connectivity index is 5.16. The number of rotatable bonds is 73. The highest BCUT2D eigenvalue weighted by Crippen LogP contribution is 2.45. The van der Waals surface area contributed by atoms with Gasteiger partial charge in [-0.3, -0.25) is 37.3 Å². The number of hydrogen-bond acceptors (Lipinski definition) is 15. The van der Waals surface area contributed by atoms with Crippen molar-refractivity contribution in [2.24, 2.45) is 11.8 Å². The number of hydrogen-bond donors (Lipinski definition) is 3. The largest absolute Gasteiger partial charge is 0.472 e. The van der Waals surface area contributed by atoms with Crippen LogP contribution in [0.15, 0.2) is 24.3 Å². The summed E-state index contributed by atoms with van der Waals surface area (Å²) in [4.78, 5) is 72.5. The van der Waals surface area contributed by atoms with E-state index >= 15 is 0 Å². The van der Waals surface area contributed by atoms with Crippen LogP contribution in [0.5, 0.6) is 0 Å². The second-order valence-electron chi connectivity index (χ2n) is 27.7. The molecule has 0 fully saturated rings. The van der Waals surface area contributed by atoms with Gasteiger partial charge in [-0.05, 0) is 63.2 Å². The topological polar surface area (TPSA) is 237 Å². The maximum absolute atomic E-state index is 13.1. The van der Waals surface area contributed by atoms with E-state index in [2.05, 4.69) is 65.8 Å².